The van der Waals surface area contributed by atoms with Crippen molar-refractivity contribution in [1.82, 2.24) is 25.1 Å². The van der Waals surface area contributed by atoms with Crippen molar-refractivity contribution < 1.29 is 4.79 Å². The largest absolute Gasteiger partial charge is 0.341 e. The van der Waals surface area contributed by atoms with Crippen molar-refractivity contribution in [1.29, 1.82) is 0 Å². The van der Waals surface area contributed by atoms with Crippen LogP contribution >= 0.6 is 27.7 Å². The maximum Gasteiger partial charge on any atom is 0.233 e. The molecule has 0 atom stereocenters. The summed E-state index contributed by atoms with van der Waals surface area (Å²) in [7, 11) is 1.80. The lowest BCUT2D eigenvalue weighted by Crippen LogP contribution is -2.27. The fourth-order valence-electron chi connectivity index (χ4n) is 2.38. The minimum atomic E-state index is 0.0247. The Morgan fingerprint density at radius 3 is 2.73 bits per heavy atom. The van der Waals surface area contributed by atoms with Crippen LogP contribution < -0.4 is 0 Å². The summed E-state index contributed by atoms with van der Waals surface area (Å²) < 4.78 is 2.67. The van der Waals surface area contributed by atoms with Crippen molar-refractivity contribution in [2.24, 2.45) is 0 Å². The quantitative estimate of drug-likeness (QED) is 0.558. The van der Waals surface area contributed by atoms with Crippen LogP contribution in [-0.2, 0) is 11.3 Å². The number of rotatable bonds is 6. The molecule has 3 rings (SSSR count). The Labute approximate surface area is 164 Å². The molecule has 0 aliphatic rings. The highest BCUT2D eigenvalue weighted by atomic mass is 79.9. The molecule has 0 aliphatic carbocycles. The van der Waals surface area contributed by atoms with Crippen LogP contribution in [0.2, 0.25) is 0 Å². The number of amides is 1. The molecule has 0 aliphatic heterocycles. The molecule has 3 aromatic rings. The molecule has 0 fully saturated rings. The van der Waals surface area contributed by atoms with Gasteiger partial charge in [-0.15, -0.1) is 5.10 Å². The van der Waals surface area contributed by atoms with Crippen LogP contribution in [0.4, 0.5) is 0 Å². The molecule has 8 heteroatoms. The van der Waals surface area contributed by atoms with Crippen LogP contribution in [0.25, 0.3) is 5.69 Å². The van der Waals surface area contributed by atoms with Gasteiger partial charge >= 0.3 is 0 Å². The maximum atomic E-state index is 12.4. The fraction of sp³-hybridized carbons (Fsp3) is 0.222. The molecule has 0 unspecified atom stereocenters. The third-order valence-corrected chi connectivity index (χ3v) is 5.20. The van der Waals surface area contributed by atoms with Gasteiger partial charge in [-0.3, -0.25) is 4.79 Å². The lowest BCUT2D eigenvalue weighted by atomic mass is 10.2. The van der Waals surface area contributed by atoms with Gasteiger partial charge in [0.1, 0.15) is 0 Å². The van der Waals surface area contributed by atoms with Gasteiger partial charge in [-0.25, -0.2) is 0 Å². The molecule has 0 saturated heterocycles. The second-order valence-corrected chi connectivity index (χ2v) is 7.74. The number of nitrogens with zero attached hydrogens (tertiary/aromatic N) is 5. The molecule has 6 nitrogen and oxygen atoms in total. The summed E-state index contributed by atoms with van der Waals surface area (Å²) in [5, 5.41) is 12.4. The Bertz CT molecular complexity index is 897. The number of carbonyl (C=O) groups excluding carboxylic acids is 1. The smallest absolute Gasteiger partial charge is 0.233 e. The van der Waals surface area contributed by atoms with Crippen LogP contribution in [0.15, 0.2) is 58.2 Å². The van der Waals surface area contributed by atoms with Crippen LogP contribution in [-0.4, -0.2) is 43.8 Å². The summed E-state index contributed by atoms with van der Waals surface area (Å²) in [5.41, 5.74) is 3.09. The van der Waals surface area contributed by atoms with Gasteiger partial charge in [-0.2, -0.15) is 4.68 Å². The van der Waals surface area contributed by atoms with E-state index in [1.807, 2.05) is 55.5 Å². The summed E-state index contributed by atoms with van der Waals surface area (Å²) in [4.78, 5) is 14.1. The average Bonchev–Trinajstić information content (AvgIpc) is 3.10. The number of aromatic nitrogens is 4. The minimum Gasteiger partial charge on any atom is -0.341 e. The molecule has 0 bridgehead atoms. The Morgan fingerprint density at radius 1 is 1.23 bits per heavy atom. The molecule has 2 aromatic carbocycles. The maximum absolute atomic E-state index is 12.4. The third kappa shape index (κ3) is 4.70. The molecular formula is C18H18BrN5OS. The van der Waals surface area contributed by atoms with E-state index in [1.54, 1.807) is 16.6 Å². The van der Waals surface area contributed by atoms with E-state index in [4.69, 9.17) is 0 Å². The molecule has 26 heavy (non-hydrogen) atoms. The van der Waals surface area contributed by atoms with Crippen LogP contribution in [0, 0.1) is 6.92 Å². The van der Waals surface area contributed by atoms with Crippen molar-refractivity contribution in [2.45, 2.75) is 18.6 Å². The van der Waals surface area contributed by atoms with E-state index in [-0.39, 0.29) is 11.7 Å². The highest BCUT2D eigenvalue weighted by molar-refractivity contribution is 9.10. The van der Waals surface area contributed by atoms with Gasteiger partial charge in [0, 0.05) is 18.1 Å². The Balaban J connectivity index is 1.61. The van der Waals surface area contributed by atoms with Gasteiger partial charge in [0.25, 0.3) is 0 Å². The first-order valence-corrected chi connectivity index (χ1v) is 9.77. The summed E-state index contributed by atoms with van der Waals surface area (Å²) in [6, 6.07) is 15.9. The number of aryl methyl sites for hydroxylation is 1. The molecule has 1 heterocycles. The Kier molecular flexibility index (Phi) is 6.05. The molecule has 0 saturated carbocycles. The number of halogens is 1. The van der Waals surface area contributed by atoms with E-state index in [1.165, 1.54) is 11.8 Å². The average molecular weight is 432 g/mol. The topological polar surface area (TPSA) is 63.9 Å². The van der Waals surface area contributed by atoms with E-state index in [2.05, 4.69) is 31.5 Å². The molecule has 1 aromatic heterocycles. The van der Waals surface area contributed by atoms with Crippen molar-refractivity contribution in [3.63, 3.8) is 0 Å². The highest BCUT2D eigenvalue weighted by Gasteiger charge is 2.14. The first-order valence-electron chi connectivity index (χ1n) is 7.99. The summed E-state index contributed by atoms with van der Waals surface area (Å²) in [5.74, 6) is 0.302. The zero-order valence-corrected chi connectivity index (χ0v) is 16.9. The van der Waals surface area contributed by atoms with E-state index < -0.39 is 0 Å². The zero-order valence-electron chi connectivity index (χ0n) is 14.5. The van der Waals surface area contributed by atoms with Crippen LogP contribution in [0.5, 0.6) is 0 Å². The van der Waals surface area contributed by atoms with Gasteiger partial charge in [-0.05, 0) is 52.7 Å². The van der Waals surface area contributed by atoms with Gasteiger partial charge in [0.2, 0.25) is 11.1 Å². The summed E-state index contributed by atoms with van der Waals surface area (Å²) in [6.45, 7) is 2.58. The zero-order chi connectivity index (χ0) is 18.5. The first-order chi connectivity index (χ1) is 12.5. The van der Waals surface area contributed by atoms with E-state index in [9.17, 15) is 4.79 Å². The number of thioether (sulfide) groups is 1. The summed E-state index contributed by atoms with van der Waals surface area (Å²) >= 11 is 4.74. The van der Waals surface area contributed by atoms with Gasteiger partial charge < -0.3 is 4.90 Å². The van der Waals surface area contributed by atoms with Crippen molar-refractivity contribution >= 4 is 33.6 Å². The first kappa shape index (κ1) is 18.6. The number of carbonyl (C=O) groups is 1. The van der Waals surface area contributed by atoms with E-state index in [0.717, 1.165) is 21.3 Å². The van der Waals surface area contributed by atoms with E-state index in [0.29, 0.717) is 11.7 Å². The van der Waals surface area contributed by atoms with Crippen molar-refractivity contribution in [3.05, 3.63) is 64.1 Å². The minimum absolute atomic E-state index is 0.0247. The van der Waals surface area contributed by atoms with Crippen molar-refractivity contribution in [3.8, 4) is 5.69 Å². The molecule has 134 valence electrons. The number of hydrogen-bond acceptors (Lipinski definition) is 5. The molecule has 1 amide bonds. The van der Waals surface area contributed by atoms with Gasteiger partial charge in [0.05, 0.1) is 11.4 Å². The Morgan fingerprint density at radius 2 is 2.00 bits per heavy atom. The van der Waals surface area contributed by atoms with Gasteiger partial charge in [0.15, 0.2) is 0 Å². The second kappa shape index (κ2) is 8.46. The third-order valence-electron chi connectivity index (χ3n) is 3.77. The molecular weight excluding hydrogens is 414 g/mol. The number of benzene rings is 2. The van der Waals surface area contributed by atoms with Gasteiger partial charge in [-0.1, -0.05) is 52.0 Å². The van der Waals surface area contributed by atoms with E-state index >= 15 is 0 Å². The highest BCUT2D eigenvalue weighted by Crippen LogP contribution is 2.19. The lowest BCUT2D eigenvalue weighted by molar-refractivity contribution is -0.127. The van der Waals surface area contributed by atoms with Crippen LogP contribution in [0.3, 0.4) is 0 Å². The summed E-state index contributed by atoms with van der Waals surface area (Å²) in [6.07, 6.45) is 0. The lowest BCUT2D eigenvalue weighted by Gasteiger charge is -2.17. The predicted octanol–water partition coefficient (Wildman–Crippen LogP) is 3.48. The Hall–Kier alpha value is -2.19. The van der Waals surface area contributed by atoms with Crippen molar-refractivity contribution in [2.75, 3.05) is 12.8 Å². The number of hydrogen-bond donors (Lipinski definition) is 0. The normalized spacial score (nSPS) is 10.7. The van der Waals surface area contributed by atoms with Crippen LogP contribution in [0.1, 0.15) is 11.1 Å². The SMILES string of the molecule is Cc1cccc(-n2nnnc2SCC(=O)N(C)Cc2ccc(Br)cc2)c1. The fourth-order valence-corrected chi connectivity index (χ4v) is 3.47. The molecule has 0 radical (unpaired) electrons. The predicted molar refractivity (Wildman–Crippen MR) is 105 cm³/mol. The standard InChI is InChI=1S/C18H18BrN5OS/c1-13-4-3-5-16(10-13)24-18(20-21-22-24)26-12-17(25)23(2)11-14-6-8-15(19)9-7-14/h3-10H,11-12H2,1-2H3. The second-order valence-electron chi connectivity index (χ2n) is 5.88. The molecule has 0 N–H and O–H groups in total. The monoisotopic (exact) mass is 431 g/mol. The number of tetrazole rings is 1. The molecule has 0 spiro atoms.